The van der Waals surface area contributed by atoms with Crippen molar-refractivity contribution in [3.63, 3.8) is 0 Å². The number of hydrogen-bond donors (Lipinski definition) is 1. The number of aromatic nitrogens is 1. The summed E-state index contributed by atoms with van der Waals surface area (Å²) >= 11 is 1.69. The molecule has 6 heteroatoms. The van der Waals surface area contributed by atoms with Crippen LogP contribution in [0, 0.1) is 11.3 Å². The molecule has 0 unspecified atom stereocenters. The molecule has 0 amide bonds. The molecule has 130 valence electrons. The highest BCUT2D eigenvalue weighted by molar-refractivity contribution is 7.98. The molecule has 0 aliphatic carbocycles. The summed E-state index contributed by atoms with van der Waals surface area (Å²) in [6.45, 7) is 0. The summed E-state index contributed by atoms with van der Waals surface area (Å²) in [7, 11) is 1.29. The van der Waals surface area contributed by atoms with Gasteiger partial charge in [-0.1, -0.05) is 24.3 Å². The van der Waals surface area contributed by atoms with Gasteiger partial charge >= 0.3 is 5.97 Å². The van der Waals surface area contributed by atoms with Crippen molar-refractivity contribution < 1.29 is 9.53 Å². The van der Waals surface area contributed by atoms with Crippen molar-refractivity contribution in [2.45, 2.75) is 4.90 Å². The Morgan fingerprint density at radius 1 is 1.19 bits per heavy atom. The quantitative estimate of drug-likeness (QED) is 0.557. The van der Waals surface area contributed by atoms with E-state index in [4.69, 9.17) is 10.5 Å². The third kappa shape index (κ3) is 3.17. The summed E-state index contributed by atoms with van der Waals surface area (Å²) in [5.41, 5.74) is 9.25. The third-order valence-electron chi connectivity index (χ3n) is 4.09. The number of ether oxygens (including phenoxy) is 1. The molecule has 2 aromatic carbocycles. The Hall–Kier alpha value is -3.17. The average Bonchev–Trinajstić information content (AvgIpc) is 3.04. The number of hydrogen-bond acceptors (Lipinski definition) is 5. The first-order valence-electron chi connectivity index (χ1n) is 7.83. The second-order valence-corrected chi connectivity index (χ2v) is 6.44. The van der Waals surface area contributed by atoms with Gasteiger partial charge < -0.3 is 15.0 Å². The van der Waals surface area contributed by atoms with Crippen molar-refractivity contribution in [2.24, 2.45) is 0 Å². The summed E-state index contributed by atoms with van der Waals surface area (Å²) in [5, 5.41) is 9.24. The first-order valence-corrected chi connectivity index (χ1v) is 9.05. The van der Waals surface area contributed by atoms with Gasteiger partial charge in [-0.05, 0) is 41.6 Å². The summed E-state index contributed by atoms with van der Waals surface area (Å²) in [5.74, 6) is -0.585. The van der Waals surface area contributed by atoms with Gasteiger partial charge in [0.05, 0.1) is 18.4 Å². The van der Waals surface area contributed by atoms with Crippen molar-refractivity contribution in [1.82, 2.24) is 4.57 Å². The molecular formula is C20H17N3O2S. The highest BCUT2D eigenvalue weighted by Gasteiger charge is 2.21. The maximum Gasteiger partial charge on any atom is 0.357 e. The van der Waals surface area contributed by atoms with Crippen LogP contribution in [0.4, 0.5) is 5.69 Å². The van der Waals surface area contributed by atoms with E-state index in [1.165, 1.54) is 12.0 Å². The van der Waals surface area contributed by atoms with Crippen LogP contribution in [0.3, 0.4) is 0 Å². The molecule has 26 heavy (non-hydrogen) atoms. The van der Waals surface area contributed by atoms with E-state index in [9.17, 15) is 10.1 Å². The number of nitrogens with zero attached hydrogens (tertiary/aromatic N) is 2. The lowest BCUT2D eigenvalue weighted by molar-refractivity contribution is 0.0593. The third-order valence-corrected chi connectivity index (χ3v) is 4.83. The number of rotatable bonds is 4. The van der Waals surface area contributed by atoms with Gasteiger partial charge in [0.15, 0.2) is 5.69 Å². The van der Waals surface area contributed by atoms with Crippen molar-refractivity contribution >= 4 is 23.4 Å². The molecule has 0 saturated heterocycles. The molecule has 0 saturated carbocycles. The Kier molecular flexibility index (Phi) is 5.01. The molecule has 0 spiro atoms. The molecule has 0 aliphatic rings. The van der Waals surface area contributed by atoms with E-state index in [1.807, 2.05) is 36.6 Å². The van der Waals surface area contributed by atoms with Crippen molar-refractivity contribution in [3.8, 4) is 22.9 Å². The highest BCUT2D eigenvalue weighted by atomic mass is 32.2. The minimum atomic E-state index is -0.585. The second-order valence-electron chi connectivity index (χ2n) is 5.56. The minimum Gasteiger partial charge on any atom is -0.464 e. The predicted octanol–water partition coefficient (Wildman–Crippen LogP) is 4.11. The Bertz CT molecular complexity index is 1000. The summed E-state index contributed by atoms with van der Waals surface area (Å²) in [6.07, 6.45) is 3.59. The number of carbonyl (C=O) groups is 1. The molecule has 0 atom stereocenters. The van der Waals surface area contributed by atoms with Gasteiger partial charge in [-0.15, -0.1) is 11.8 Å². The van der Waals surface area contributed by atoms with Crippen LogP contribution in [0.25, 0.3) is 16.8 Å². The van der Waals surface area contributed by atoms with Gasteiger partial charge in [-0.3, -0.25) is 0 Å². The maximum atomic E-state index is 12.1. The number of anilines is 1. The molecule has 3 aromatic rings. The standard InChI is InChI=1S/C20H17N3O2S/c1-25-20(24)19-18(22)15(11-21)12-23(19)16-5-3-4-14(10-16)13-6-8-17(26-2)9-7-13/h3-10,12H,22H2,1-2H3. The molecule has 0 fully saturated rings. The second kappa shape index (κ2) is 7.38. The molecule has 5 nitrogen and oxygen atoms in total. The lowest BCUT2D eigenvalue weighted by Crippen LogP contribution is -2.11. The fourth-order valence-electron chi connectivity index (χ4n) is 2.74. The number of nitriles is 1. The van der Waals surface area contributed by atoms with E-state index in [1.54, 1.807) is 22.5 Å². The Morgan fingerprint density at radius 2 is 1.92 bits per heavy atom. The van der Waals surface area contributed by atoms with Gasteiger partial charge in [0, 0.05) is 16.8 Å². The predicted molar refractivity (Wildman–Crippen MR) is 103 cm³/mol. The molecular weight excluding hydrogens is 346 g/mol. The molecule has 3 rings (SSSR count). The zero-order valence-corrected chi connectivity index (χ0v) is 15.2. The highest BCUT2D eigenvalue weighted by Crippen LogP contribution is 2.28. The zero-order chi connectivity index (χ0) is 18.7. The van der Waals surface area contributed by atoms with Gasteiger partial charge in [0.1, 0.15) is 6.07 Å². The van der Waals surface area contributed by atoms with Crippen molar-refractivity contribution in [1.29, 1.82) is 5.26 Å². The smallest absolute Gasteiger partial charge is 0.357 e. The van der Waals surface area contributed by atoms with Crippen LogP contribution in [0.5, 0.6) is 0 Å². The minimum absolute atomic E-state index is 0.120. The lowest BCUT2D eigenvalue weighted by Gasteiger charge is -2.10. The molecule has 1 aromatic heterocycles. The average molecular weight is 363 g/mol. The number of nitrogens with two attached hydrogens (primary N) is 1. The van der Waals surface area contributed by atoms with Crippen LogP contribution < -0.4 is 5.73 Å². The number of carbonyl (C=O) groups excluding carboxylic acids is 1. The first-order chi connectivity index (χ1) is 12.6. The van der Waals surface area contributed by atoms with Crippen LogP contribution in [0.1, 0.15) is 16.1 Å². The van der Waals surface area contributed by atoms with E-state index in [0.717, 1.165) is 16.8 Å². The Morgan fingerprint density at radius 3 is 2.54 bits per heavy atom. The summed E-state index contributed by atoms with van der Waals surface area (Å²) in [4.78, 5) is 13.3. The van der Waals surface area contributed by atoms with Gasteiger partial charge in [0.2, 0.25) is 0 Å². The monoisotopic (exact) mass is 363 g/mol. The van der Waals surface area contributed by atoms with Crippen molar-refractivity contribution in [2.75, 3.05) is 19.1 Å². The SMILES string of the molecule is COC(=O)c1c(N)c(C#N)cn1-c1cccc(-c2ccc(SC)cc2)c1. The Labute approximate surface area is 156 Å². The fourth-order valence-corrected chi connectivity index (χ4v) is 3.15. The summed E-state index contributed by atoms with van der Waals surface area (Å²) < 4.78 is 6.42. The maximum absolute atomic E-state index is 12.1. The topological polar surface area (TPSA) is 81.0 Å². The van der Waals surface area contributed by atoms with E-state index in [0.29, 0.717) is 0 Å². The van der Waals surface area contributed by atoms with E-state index < -0.39 is 5.97 Å². The molecule has 0 radical (unpaired) electrons. The lowest BCUT2D eigenvalue weighted by atomic mass is 10.1. The van der Waals surface area contributed by atoms with Crippen LogP contribution >= 0.6 is 11.8 Å². The molecule has 2 N–H and O–H groups in total. The number of thioether (sulfide) groups is 1. The number of methoxy groups -OCH3 is 1. The normalized spacial score (nSPS) is 10.3. The fraction of sp³-hybridized carbons (Fsp3) is 0.100. The van der Waals surface area contributed by atoms with E-state index in [-0.39, 0.29) is 16.9 Å². The molecule has 0 bridgehead atoms. The largest absolute Gasteiger partial charge is 0.464 e. The number of nitrogen functional groups attached to an aromatic ring is 1. The Balaban J connectivity index is 2.11. The van der Waals surface area contributed by atoms with E-state index in [2.05, 4.69) is 24.3 Å². The van der Waals surface area contributed by atoms with Crippen LogP contribution in [-0.2, 0) is 4.74 Å². The number of benzene rings is 2. The number of esters is 1. The van der Waals surface area contributed by atoms with Gasteiger partial charge in [0.25, 0.3) is 0 Å². The van der Waals surface area contributed by atoms with Crippen LogP contribution in [0.15, 0.2) is 59.6 Å². The van der Waals surface area contributed by atoms with Crippen LogP contribution in [-0.4, -0.2) is 23.9 Å². The van der Waals surface area contributed by atoms with Crippen LogP contribution in [0.2, 0.25) is 0 Å². The van der Waals surface area contributed by atoms with Crippen molar-refractivity contribution in [3.05, 3.63) is 66.0 Å². The first kappa shape index (κ1) is 17.6. The van der Waals surface area contributed by atoms with Gasteiger partial charge in [-0.2, -0.15) is 5.26 Å². The van der Waals surface area contributed by atoms with E-state index >= 15 is 0 Å². The zero-order valence-electron chi connectivity index (χ0n) is 14.4. The molecule has 1 heterocycles. The van der Waals surface area contributed by atoms with Gasteiger partial charge in [-0.25, -0.2) is 4.79 Å². The summed E-state index contributed by atoms with van der Waals surface area (Å²) in [6, 6.07) is 17.9. The molecule has 0 aliphatic heterocycles.